The Bertz CT molecular complexity index is 1050. The van der Waals surface area contributed by atoms with Gasteiger partial charge in [0.1, 0.15) is 5.69 Å². The van der Waals surface area contributed by atoms with Crippen molar-refractivity contribution in [1.82, 2.24) is 14.8 Å². The zero-order valence-corrected chi connectivity index (χ0v) is 21.4. The average Bonchev–Trinajstić information content (AvgIpc) is 2.88. The van der Waals surface area contributed by atoms with Crippen LogP contribution in [0.4, 0.5) is 37.7 Å². The lowest BCUT2D eigenvalue weighted by atomic mass is 10.0. The Morgan fingerprint density at radius 3 is 2.13 bits per heavy atom. The van der Waals surface area contributed by atoms with Crippen LogP contribution in [0.1, 0.15) is 25.0 Å². The number of carbonyl (C=O) groups is 1. The molecule has 2 aromatic rings. The predicted octanol–water partition coefficient (Wildman–Crippen LogP) is 5.33. The molecule has 0 aliphatic carbocycles. The summed E-state index contributed by atoms with van der Waals surface area (Å²) in [4.78, 5) is 22.4. The summed E-state index contributed by atoms with van der Waals surface area (Å²) in [6.45, 7) is 4.57. The van der Waals surface area contributed by atoms with Gasteiger partial charge in [-0.25, -0.2) is 4.98 Å². The van der Waals surface area contributed by atoms with Gasteiger partial charge in [0.25, 0.3) is 0 Å². The van der Waals surface area contributed by atoms with Crippen LogP contribution in [0, 0.1) is 0 Å². The number of piperazine rings is 1. The standard InChI is InChI=1S/C25H29F6N5OS/c26-24(27,28)22-6-3-20(17-32-22)35-15-13-34(14-16-35)10-9-23(37)36-11-7-19(8-12-36)33-18-1-4-21(5-2-18)38-25(29,30)31/h1-6,17,19,33H,7-16H2. The van der Waals surface area contributed by atoms with Crippen molar-refractivity contribution >= 4 is 29.0 Å². The second-order valence-corrected chi connectivity index (χ2v) is 10.5. The van der Waals surface area contributed by atoms with Crippen LogP contribution in [0.2, 0.25) is 0 Å². The minimum absolute atomic E-state index is 0.0892. The number of nitrogens with one attached hydrogen (secondary N) is 1. The van der Waals surface area contributed by atoms with Gasteiger partial charge in [-0.05, 0) is 61.0 Å². The number of hydrogen-bond acceptors (Lipinski definition) is 6. The van der Waals surface area contributed by atoms with Gasteiger partial charge in [0.15, 0.2) is 0 Å². The molecule has 2 aliphatic heterocycles. The van der Waals surface area contributed by atoms with Crippen molar-refractivity contribution in [3.8, 4) is 0 Å². The van der Waals surface area contributed by atoms with Crippen molar-refractivity contribution in [3.63, 3.8) is 0 Å². The van der Waals surface area contributed by atoms with Gasteiger partial charge in [-0.15, -0.1) is 0 Å². The largest absolute Gasteiger partial charge is 0.446 e. The zero-order valence-electron chi connectivity index (χ0n) is 20.6. The lowest BCUT2D eigenvalue weighted by Gasteiger charge is -2.37. The van der Waals surface area contributed by atoms with E-state index in [-0.39, 0.29) is 28.6 Å². The molecule has 2 saturated heterocycles. The first-order chi connectivity index (χ1) is 18.0. The number of pyridine rings is 1. The Labute approximate surface area is 221 Å². The molecular weight excluding hydrogens is 532 g/mol. The summed E-state index contributed by atoms with van der Waals surface area (Å²) in [5, 5.41) is 3.34. The topological polar surface area (TPSA) is 51.7 Å². The van der Waals surface area contributed by atoms with Crippen molar-refractivity contribution in [2.24, 2.45) is 0 Å². The Morgan fingerprint density at radius 1 is 0.921 bits per heavy atom. The Morgan fingerprint density at radius 2 is 1.58 bits per heavy atom. The number of piperidine rings is 1. The lowest BCUT2D eigenvalue weighted by Crippen LogP contribution is -2.48. The van der Waals surface area contributed by atoms with E-state index >= 15 is 0 Å². The second-order valence-electron chi connectivity index (χ2n) is 9.35. The van der Waals surface area contributed by atoms with Crippen LogP contribution in [0.5, 0.6) is 0 Å². The van der Waals surface area contributed by atoms with E-state index < -0.39 is 17.4 Å². The third kappa shape index (κ3) is 8.16. The number of alkyl halides is 6. The average molecular weight is 562 g/mol. The van der Waals surface area contributed by atoms with Gasteiger partial charge >= 0.3 is 11.7 Å². The van der Waals surface area contributed by atoms with Crippen LogP contribution < -0.4 is 10.2 Å². The number of hydrogen-bond donors (Lipinski definition) is 1. The Kier molecular flexibility index (Phi) is 8.96. The molecule has 2 fully saturated rings. The fourth-order valence-corrected chi connectivity index (χ4v) is 5.18. The molecule has 0 unspecified atom stereocenters. The Balaban J connectivity index is 1.14. The highest BCUT2D eigenvalue weighted by Crippen LogP contribution is 2.37. The molecule has 1 N–H and O–H groups in total. The smallest absolute Gasteiger partial charge is 0.382 e. The first-order valence-corrected chi connectivity index (χ1v) is 13.2. The number of carbonyl (C=O) groups excluding carboxylic acids is 1. The maximum Gasteiger partial charge on any atom is 0.446 e. The highest BCUT2D eigenvalue weighted by molar-refractivity contribution is 8.00. The monoisotopic (exact) mass is 561 g/mol. The first kappa shape index (κ1) is 28.3. The highest BCUT2D eigenvalue weighted by Gasteiger charge is 2.32. The number of amides is 1. The van der Waals surface area contributed by atoms with E-state index in [0.29, 0.717) is 57.9 Å². The molecule has 1 aromatic carbocycles. The third-order valence-corrected chi connectivity index (χ3v) is 7.46. The van der Waals surface area contributed by atoms with Gasteiger partial charge in [0, 0.05) is 68.9 Å². The normalized spacial score (nSPS) is 18.1. The van der Waals surface area contributed by atoms with Crippen LogP contribution in [0.25, 0.3) is 0 Å². The highest BCUT2D eigenvalue weighted by atomic mass is 32.2. The summed E-state index contributed by atoms with van der Waals surface area (Å²) in [5.74, 6) is 0.0892. The molecule has 1 aromatic heterocycles. The summed E-state index contributed by atoms with van der Waals surface area (Å²) in [5.41, 5.74) is -3.81. The summed E-state index contributed by atoms with van der Waals surface area (Å²) >= 11 is -0.140. The van der Waals surface area contributed by atoms with E-state index in [1.807, 2.05) is 9.80 Å². The molecular formula is C25H29F6N5OS. The van der Waals surface area contributed by atoms with Crippen molar-refractivity contribution in [2.75, 3.05) is 56.0 Å². The summed E-state index contributed by atoms with van der Waals surface area (Å²) in [7, 11) is 0. The van der Waals surface area contributed by atoms with Gasteiger partial charge in [-0.2, -0.15) is 26.3 Å². The number of nitrogens with zero attached hydrogens (tertiary/aromatic N) is 4. The maximum absolute atomic E-state index is 12.7. The molecule has 2 aliphatic rings. The van der Waals surface area contributed by atoms with E-state index in [2.05, 4.69) is 15.2 Å². The molecule has 0 bridgehead atoms. The van der Waals surface area contributed by atoms with Gasteiger partial charge in [-0.3, -0.25) is 9.69 Å². The van der Waals surface area contributed by atoms with Gasteiger partial charge in [0.2, 0.25) is 5.91 Å². The summed E-state index contributed by atoms with van der Waals surface area (Å²) < 4.78 is 75.6. The summed E-state index contributed by atoms with van der Waals surface area (Å²) in [6.07, 6.45) is -1.29. The first-order valence-electron chi connectivity index (χ1n) is 12.4. The van der Waals surface area contributed by atoms with Crippen LogP contribution in [-0.4, -0.2) is 78.1 Å². The lowest BCUT2D eigenvalue weighted by molar-refractivity contribution is -0.141. The molecule has 4 rings (SSSR count). The van der Waals surface area contributed by atoms with Gasteiger partial charge < -0.3 is 15.1 Å². The quantitative estimate of drug-likeness (QED) is 0.365. The third-order valence-electron chi connectivity index (χ3n) is 6.72. The molecule has 1 amide bonds. The fraction of sp³-hybridized carbons (Fsp3) is 0.520. The number of likely N-dealkylation sites (tertiary alicyclic amines) is 1. The molecule has 0 saturated carbocycles. The van der Waals surface area contributed by atoms with E-state index in [4.69, 9.17) is 0 Å². The second kappa shape index (κ2) is 12.0. The molecule has 0 radical (unpaired) electrons. The van der Waals surface area contributed by atoms with Crippen LogP contribution in [-0.2, 0) is 11.0 Å². The van der Waals surface area contributed by atoms with Crippen LogP contribution in [0.3, 0.4) is 0 Å². The molecule has 208 valence electrons. The number of benzene rings is 1. The van der Waals surface area contributed by atoms with E-state index in [9.17, 15) is 31.1 Å². The SMILES string of the molecule is O=C(CCN1CCN(c2ccc(C(F)(F)F)nc2)CC1)N1CCC(Nc2ccc(SC(F)(F)F)cc2)CC1. The van der Waals surface area contributed by atoms with E-state index in [1.165, 1.54) is 24.4 Å². The minimum atomic E-state index is -4.45. The zero-order chi connectivity index (χ0) is 27.3. The maximum atomic E-state index is 12.7. The van der Waals surface area contributed by atoms with Gasteiger partial charge in [-0.1, -0.05) is 0 Å². The van der Waals surface area contributed by atoms with E-state index in [1.54, 1.807) is 12.1 Å². The number of aromatic nitrogens is 1. The van der Waals surface area contributed by atoms with E-state index in [0.717, 1.165) is 24.6 Å². The predicted molar refractivity (Wildman–Crippen MR) is 134 cm³/mol. The van der Waals surface area contributed by atoms with Crippen LogP contribution >= 0.6 is 11.8 Å². The molecule has 0 spiro atoms. The van der Waals surface area contributed by atoms with Gasteiger partial charge in [0.05, 0.1) is 11.9 Å². The molecule has 3 heterocycles. The van der Waals surface area contributed by atoms with Crippen molar-refractivity contribution < 1.29 is 31.1 Å². The number of halogens is 6. The van der Waals surface area contributed by atoms with Crippen molar-refractivity contribution in [2.45, 2.75) is 41.9 Å². The van der Waals surface area contributed by atoms with Crippen molar-refractivity contribution in [3.05, 3.63) is 48.3 Å². The van der Waals surface area contributed by atoms with Crippen LogP contribution in [0.15, 0.2) is 47.5 Å². The number of anilines is 2. The fourth-order valence-electron chi connectivity index (χ4n) is 4.64. The Hall–Kier alpha value is -2.67. The molecule has 6 nitrogen and oxygen atoms in total. The molecule has 0 atom stereocenters. The molecule has 38 heavy (non-hydrogen) atoms. The molecule has 13 heteroatoms. The summed E-state index contributed by atoms with van der Waals surface area (Å²) in [6, 6.07) is 8.74. The van der Waals surface area contributed by atoms with Crippen molar-refractivity contribution in [1.29, 1.82) is 0 Å². The minimum Gasteiger partial charge on any atom is -0.382 e. The number of rotatable bonds is 7. The number of thioether (sulfide) groups is 1.